The van der Waals surface area contributed by atoms with Gasteiger partial charge in [0.15, 0.2) is 5.82 Å². The Morgan fingerprint density at radius 1 is 1.55 bits per heavy atom. The molecule has 0 aromatic carbocycles. The summed E-state index contributed by atoms with van der Waals surface area (Å²) in [5, 5.41) is 4.08. The second-order valence-electron chi connectivity index (χ2n) is 2.18. The number of aromatic nitrogens is 3. The molecule has 2 heterocycles. The van der Waals surface area contributed by atoms with E-state index in [1.807, 2.05) is 24.7 Å². The normalized spacial score (nSPS) is 10.3. The first kappa shape index (κ1) is 6.54. The summed E-state index contributed by atoms with van der Waals surface area (Å²) in [7, 11) is 0. The van der Waals surface area contributed by atoms with Crippen LogP contribution in [0.2, 0.25) is 0 Å². The molecule has 0 aliphatic heterocycles. The summed E-state index contributed by atoms with van der Waals surface area (Å²) in [6.45, 7) is 2.04. The first-order valence-electron chi connectivity index (χ1n) is 3.28. The van der Waals surface area contributed by atoms with E-state index in [0.717, 1.165) is 5.82 Å². The van der Waals surface area contributed by atoms with E-state index < -0.39 is 0 Å². The van der Waals surface area contributed by atoms with Gasteiger partial charge in [-0.1, -0.05) is 0 Å². The van der Waals surface area contributed by atoms with Crippen LogP contribution in [0.1, 0.15) is 4.88 Å². The largest absolute Gasteiger partial charge is 0.225 e. The topological polar surface area (TPSA) is 30.7 Å². The van der Waals surface area contributed by atoms with E-state index in [4.69, 9.17) is 0 Å². The fraction of sp³-hybridized carbons (Fsp3) is 0.143. The molecule has 56 valence electrons. The van der Waals surface area contributed by atoms with Crippen molar-refractivity contribution in [3.05, 3.63) is 28.8 Å². The highest BCUT2D eigenvalue weighted by atomic mass is 32.1. The Morgan fingerprint density at radius 2 is 2.45 bits per heavy atom. The Labute approximate surface area is 68.3 Å². The Morgan fingerprint density at radius 3 is 3.00 bits per heavy atom. The second kappa shape index (κ2) is 2.47. The van der Waals surface area contributed by atoms with E-state index in [-0.39, 0.29) is 0 Å². The molecular formula is C7H7N3S. The molecule has 2 rings (SSSR count). The third-order valence-corrected chi connectivity index (χ3v) is 2.19. The maximum absolute atomic E-state index is 4.18. The average molecular weight is 165 g/mol. The standard InChI is InChI=1S/C7H7N3S/c1-6-7(8-5-11-6)10-4-2-3-9-10/h2-5H,1H3. The molecule has 4 heteroatoms. The fourth-order valence-electron chi connectivity index (χ4n) is 0.914. The van der Waals surface area contributed by atoms with Gasteiger partial charge < -0.3 is 0 Å². The van der Waals surface area contributed by atoms with Crippen molar-refractivity contribution in [2.24, 2.45) is 0 Å². The molecule has 0 bridgehead atoms. The van der Waals surface area contributed by atoms with Crippen LogP contribution in [0.5, 0.6) is 0 Å². The van der Waals surface area contributed by atoms with Crippen LogP contribution in [0.25, 0.3) is 5.82 Å². The van der Waals surface area contributed by atoms with Gasteiger partial charge in [0.05, 0.1) is 5.51 Å². The van der Waals surface area contributed by atoms with Gasteiger partial charge in [-0.2, -0.15) is 5.10 Å². The van der Waals surface area contributed by atoms with Crippen molar-refractivity contribution in [1.82, 2.24) is 14.8 Å². The second-order valence-corrected chi connectivity index (χ2v) is 3.24. The highest BCUT2D eigenvalue weighted by molar-refractivity contribution is 7.09. The molecule has 0 saturated carbocycles. The van der Waals surface area contributed by atoms with Crippen LogP contribution in [0, 0.1) is 6.92 Å². The van der Waals surface area contributed by atoms with Gasteiger partial charge in [-0.15, -0.1) is 11.3 Å². The van der Waals surface area contributed by atoms with Crippen LogP contribution in [-0.4, -0.2) is 14.8 Å². The molecule has 3 nitrogen and oxygen atoms in total. The zero-order chi connectivity index (χ0) is 7.68. The molecule has 0 saturated heterocycles. The molecular weight excluding hydrogens is 158 g/mol. The van der Waals surface area contributed by atoms with Gasteiger partial charge >= 0.3 is 0 Å². The lowest BCUT2D eigenvalue weighted by Gasteiger charge is -1.94. The molecule has 0 aliphatic rings. The minimum Gasteiger partial charge on any atom is -0.225 e. The minimum atomic E-state index is 0.931. The van der Waals surface area contributed by atoms with Gasteiger partial charge in [0, 0.05) is 17.3 Å². The van der Waals surface area contributed by atoms with Gasteiger partial charge in [0.1, 0.15) is 0 Å². The van der Waals surface area contributed by atoms with Crippen LogP contribution >= 0.6 is 11.3 Å². The predicted octanol–water partition coefficient (Wildman–Crippen LogP) is 1.64. The van der Waals surface area contributed by atoms with Gasteiger partial charge in [-0.25, -0.2) is 9.67 Å². The minimum absolute atomic E-state index is 0.931. The maximum atomic E-state index is 4.18. The number of nitrogens with zero attached hydrogens (tertiary/aromatic N) is 3. The van der Waals surface area contributed by atoms with Gasteiger partial charge in [0.2, 0.25) is 0 Å². The molecule has 2 aromatic rings. The van der Waals surface area contributed by atoms with E-state index in [1.54, 1.807) is 22.2 Å². The molecule has 0 amide bonds. The van der Waals surface area contributed by atoms with E-state index in [1.165, 1.54) is 4.88 Å². The lowest BCUT2D eigenvalue weighted by molar-refractivity contribution is 0.848. The van der Waals surface area contributed by atoms with Gasteiger partial charge in [-0.3, -0.25) is 0 Å². The number of thiazole rings is 1. The SMILES string of the molecule is Cc1scnc1-n1cccn1. The van der Waals surface area contributed by atoms with Crippen molar-refractivity contribution in [3.63, 3.8) is 0 Å². The van der Waals surface area contributed by atoms with Crippen molar-refractivity contribution < 1.29 is 0 Å². The molecule has 0 spiro atoms. The molecule has 0 aliphatic carbocycles. The molecule has 0 N–H and O–H groups in total. The summed E-state index contributed by atoms with van der Waals surface area (Å²) in [4.78, 5) is 5.37. The lowest BCUT2D eigenvalue weighted by atomic mass is 10.5. The first-order chi connectivity index (χ1) is 5.38. The van der Waals surface area contributed by atoms with Crippen molar-refractivity contribution >= 4 is 11.3 Å². The summed E-state index contributed by atoms with van der Waals surface area (Å²) in [5.41, 5.74) is 1.83. The molecule has 0 unspecified atom stereocenters. The van der Waals surface area contributed by atoms with E-state index in [9.17, 15) is 0 Å². The van der Waals surface area contributed by atoms with Gasteiger partial charge in [-0.05, 0) is 13.0 Å². The van der Waals surface area contributed by atoms with Crippen molar-refractivity contribution in [1.29, 1.82) is 0 Å². The molecule has 11 heavy (non-hydrogen) atoms. The summed E-state index contributed by atoms with van der Waals surface area (Å²) in [6, 6.07) is 1.89. The highest BCUT2D eigenvalue weighted by Crippen LogP contribution is 2.14. The third-order valence-electron chi connectivity index (χ3n) is 1.44. The Hall–Kier alpha value is -1.16. The molecule has 0 atom stereocenters. The van der Waals surface area contributed by atoms with E-state index >= 15 is 0 Å². The summed E-state index contributed by atoms with van der Waals surface area (Å²) < 4.78 is 1.77. The average Bonchev–Trinajstić information content (AvgIpc) is 2.55. The summed E-state index contributed by atoms with van der Waals surface area (Å²) in [6.07, 6.45) is 3.64. The fourth-order valence-corrected chi connectivity index (χ4v) is 1.48. The Bertz CT molecular complexity index is 336. The lowest BCUT2D eigenvalue weighted by Crippen LogP contribution is -1.95. The zero-order valence-electron chi connectivity index (χ0n) is 6.06. The van der Waals surface area contributed by atoms with Crippen molar-refractivity contribution in [2.75, 3.05) is 0 Å². The van der Waals surface area contributed by atoms with Crippen LogP contribution in [0.15, 0.2) is 24.0 Å². The smallest absolute Gasteiger partial charge is 0.167 e. The van der Waals surface area contributed by atoms with Gasteiger partial charge in [0.25, 0.3) is 0 Å². The van der Waals surface area contributed by atoms with Crippen LogP contribution in [0.4, 0.5) is 0 Å². The number of hydrogen-bond acceptors (Lipinski definition) is 3. The van der Waals surface area contributed by atoms with E-state index in [0.29, 0.717) is 0 Å². The predicted molar refractivity (Wildman–Crippen MR) is 44.0 cm³/mol. The Kier molecular flexibility index (Phi) is 1.47. The third kappa shape index (κ3) is 1.05. The van der Waals surface area contributed by atoms with Crippen LogP contribution < -0.4 is 0 Å². The van der Waals surface area contributed by atoms with E-state index in [2.05, 4.69) is 10.1 Å². The Balaban J connectivity index is 2.53. The number of rotatable bonds is 1. The van der Waals surface area contributed by atoms with Crippen molar-refractivity contribution in [3.8, 4) is 5.82 Å². The summed E-state index contributed by atoms with van der Waals surface area (Å²) in [5.74, 6) is 0.931. The number of hydrogen-bond donors (Lipinski definition) is 0. The monoisotopic (exact) mass is 165 g/mol. The highest BCUT2D eigenvalue weighted by Gasteiger charge is 2.01. The molecule has 2 aromatic heterocycles. The zero-order valence-corrected chi connectivity index (χ0v) is 6.88. The van der Waals surface area contributed by atoms with Crippen LogP contribution in [-0.2, 0) is 0 Å². The molecule has 0 radical (unpaired) electrons. The van der Waals surface area contributed by atoms with Crippen LogP contribution in [0.3, 0.4) is 0 Å². The quantitative estimate of drug-likeness (QED) is 0.643. The van der Waals surface area contributed by atoms with Crippen molar-refractivity contribution in [2.45, 2.75) is 6.92 Å². The number of aryl methyl sites for hydroxylation is 1. The maximum Gasteiger partial charge on any atom is 0.167 e. The first-order valence-corrected chi connectivity index (χ1v) is 4.16. The summed E-state index contributed by atoms with van der Waals surface area (Å²) >= 11 is 1.63. The molecule has 0 fully saturated rings.